The Hall–Kier alpha value is -2.82. The first-order valence-corrected chi connectivity index (χ1v) is 7.00. The van der Waals surface area contributed by atoms with Gasteiger partial charge in [0.2, 0.25) is 5.91 Å². The maximum atomic E-state index is 13.4. The van der Waals surface area contributed by atoms with Crippen molar-refractivity contribution in [2.24, 2.45) is 0 Å². The molecule has 0 radical (unpaired) electrons. The molecule has 0 spiro atoms. The lowest BCUT2D eigenvalue weighted by molar-refractivity contribution is -0.111. The van der Waals surface area contributed by atoms with E-state index in [2.05, 4.69) is 5.32 Å². The SMILES string of the molecule is COc1ccc(/C=C/C(=O)Nc2ccc(C)c(F)c2)cc1OC. The number of benzene rings is 2. The minimum absolute atomic E-state index is 0.344. The van der Waals surface area contributed by atoms with Gasteiger partial charge in [-0.3, -0.25) is 4.79 Å². The van der Waals surface area contributed by atoms with Gasteiger partial charge in [-0.05, 0) is 48.4 Å². The third kappa shape index (κ3) is 4.32. The Bertz CT molecular complexity index is 741. The van der Waals surface area contributed by atoms with E-state index in [0.29, 0.717) is 22.7 Å². The molecule has 23 heavy (non-hydrogen) atoms. The standard InChI is InChI=1S/C18H18FNO3/c1-12-4-7-14(11-15(12)19)20-18(21)9-6-13-5-8-16(22-2)17(10-13)23-3/h4-11H,1-3H3,(H,20,21)/b9-6+. The van der Waals surface area contributed by atoms with E-state index >= 15 is 0 Å². The van der Waals surface area contributed by atoms with Gasteiger partial charge in [-0.2, -0.15) is 0 Å². The molecule has 5 heteroatoms. The average molecular weight is 315 g/mol. The van der Waals surface area contributed by atoms with E-state index < -0.39 is 0 Å². The van der Waals surface area contributed by atoms with E-state index in [0.717, 1.165) is 5.56 Å². The van der Waals surface area contributed by atoms with Crippen LogP contribution in [0.4, 0.5) is 10.1 Å². The van der Waals surface area contributed by atoms with Gasteiger partial charge in [-0.1, -0.05) is 12.1 Å². The van der Waals surface area contributed by atoms with E-state index in [1.165, 1.54) is 12.1 Å². The Morgan fingerprint density at radius 3 is 2.48 bits per heavy atom. The molecule has 0 bridgehead atoms. The Morgan fingerprint density at radius 1 is 1.09 bits per heavy atom. The second-order valence-corrected chi connectivity index (χ2v) is 4.90. The molecule has 2 aromatic carbocycles. The highest BCUT2D eigenvalue weighted by Crippen LogP contribution is 2.27. The van der Waals surface area contributed by atoms with Gasteiger partial charge in [0.05, 0.1) is 14.2 Å². The smallest absolute Gasteiger partial charge is 0.248 e. The van der Waals surface area contributed by atoms with Crippen molar-refractivity contribution in [2.45, 2.75) is 6.92 Å². The van der Waals surface area contributed by atoms with Crippen molar-refractivity contribution in [1.29, 1.82) is 0 Å². The fourth-order valence-electron chi connectivity index (χ4n) is 1.98. The Labute approximate surface area is 134 Å². The number of ether oxygens (including phenoxy) is 2. The molecule has 0 heterocycles. The summed E-state index contributed by atoms with van der Waals surface area (Å²) < 4.78 is 23.8. The van der Waals surface area contributed by atoms with Gasteiger partial charge in [0.1, 0.15) is 5.82 Å². The summed E-state index contributed by atoms with van der Waals surface area (Å²) in [6.45, 7) is 1.66. The molecule has 0 fully saturated rings. The molecule has 0 atom stereocenters. The van der Waals surface area contributed by atoms with Crippen LogP contribution in [-0.2, 0) is 4.79 Å². The zero-order valence-corrected chi connectivity index (χ0v) is 13.2. The molecule has 120 valence electrons. The lowest BCUT2D eigenvalue weighted by Crippen LogP contribution is -2.08. The highest BCUT2D eigenvalue weighted by Gasteiger charge is 2.04. The molecular formula is C18H18FNO3. The van der Waals surface area contributed by atoms with Gasteiger partial charge in [0, 0.05) is 11.8 Å². The minimum Gasteiger partial charge on any atom is -0.493 e. The summed E-state index contributed by atoms with van der Waals surface area (Å²) in [6, 6.07) is 9.87. The minimum atomic E-state index is -0.355. The Balaban J connectivity index is 2.07. The van der Waals surface area contributed by atoms with E-state index in [4.69, 9.17) is 9.47 Å². The number of carbonyl (C=O) groups excluding carboxylic acids is 1. The molecule has 0 unspecified atom stereocenters. The van der Waals surface area contributed by atoms with Crippen LogP contribution in [0.2, 0.25) is 0 Å². The number of methoxy groups -OCH3 is 2. The van der Waals surface area contributed by atoms with Crippen LogP contribution in [0.1, 0.15) is 11.1 Å². The fraction of sp³-hybridized carbons (Fsp3) is 0.167. The topological polar surface area (TPSA) is 47.6 Å². The van der Waals surface area contributed by atoms with Crippen LogP contribution in [0.3, 0.4) is 0 Å². The zero-order chi connectivity index (χ0) is 16.8. The van der Waals surface area contributed by atoms with Crippen LogP contribution in [0.25, 0.3) is 6.08 Å². The van der Waals surface area contributed by atoms with Gasteiger partial charge >= 0.3 is 0 Å². The van der Waals surface area contributed by atoms with Crippen LogP contribution >= 0.6 is 0 Å². The van der Waals surface area contributed by atoms with Gasteiger partial charge in [0.25, 0.3) is 0 Å². The van der Waals surface area contributed by atoms with Crippen LogP contribution in [-0.4, -0.2) is 20.1 Å². The molecule has 0 aliphatic heterocycles. The van der Waals surface area contributed by atoms with Gasteiger partial charge in [-0.15, -0.1) is 0 Å². The van der Waals surface area contributed by atoms with Crippen LogP contribution in [0.5, 0.6) is 11.5 Å². The summed E-state index contributed by atoms with van der Waals surface area (Å²) in [6.07, 6.45) is 3.01. The number of carbonyl (C=O) groups is 1. The number of halogens is 1. The normalized spacial score (nSPS) is 10.6. The van der Waals surface area contributed by atoms with Crippen LogP contribution in [0.15, 0.2) is 42.5 Å². The van der Waals surface area contributed by atoms with Crippen molar-refractivity contribution in [3.8, 4) is 11.5 Å². The number of amides is 1. The number of anilines is 1. The summed E-state index contributed by atoms with van der Waals surface area (Å²) in [5.41, 5.74) is 1.73. The molecule has 0 aliphatic carbocycles. The Morgan fingerprint density at radius 2 is 1.83 bits per heavy atom. The molecule has 0 saturated heterocycles. The van der Waals surface area contributed by atoms with Crippen molar-refractivity contribution in [2.75, 3.05) is 19.5 Å². The fourth-order valence-corrected chi connectivity index (χ4v) is 1.98. The first kappa shape index (κ1) is 16.5. The third-order valence-corrected chi connectivity index (χ3v) is 3.27. The molecule has 1 N–H and O–H groups in total. The van der Waals surface area contributed by atoms with Crippen molar-refractivity contribution in [1.82, 2.24) is 0 Å². The predicted molar refractivity (Wildman–Crippen MR) is 88.3 cm³/mol. The van der Waals surface area contributed by atoms with Crippen molar-refractivity contribution >= 4 is 17.7 Å². The summed E-state index contributed by atoms with van der Waals surface area (Å²) in [5.74, 6) is 0.495. The first-order chi connectivity index (χ1) is 11.0. The monoisotopic (exact) mass is 315 g/mol. The van der Waals surface area contributed by atoms with Crippen LogP contribution in [0, 0.1) is 12.7 Å². The lowest BCUT2D eigenvalue weighted by Gasteiger charge is -2.07. The molecule has 0 aromatic heterocycles. The van der Waals surface area contributed by atoms with Crippen molar-refractivity contribution < 1.29 is 18.7 Å². The average Bonchev–Trinajstić information content (AvgIpc) is 2.56. The third-order valence-electron chi connectivity index (χ3n) is 3.27. The second-order valence-electron chi connectivity index (χ2n) is 4.90. The molecule has 0 saturated carbocycles. The molecule has 2 rings (SSSR count). The molecule has 0 aliphatic rings. The summed E-state index contributed by atoms with van der Waals surface area (Å²) in [5, 5.41) is 2.61. The largest absolute Gasteiger partial charge is 0.493 e. The number of hydrogen-bond donors (Lipinski definition) is 1. The van der Waals surface area contributed by atoms with Gasteiger partial charge in [-0.25, -0.2) is 4.39 Å². The molecular weight excluding hydrogens is 297 g/mol. The number of nitrogens with one attached hydrogen (secondary N) is 1. The quantitative estimate of drug-likeness (QED) is 0.854. The lowest BCUT2D eigenvalue weighted by atomic mass is 10.2. The molecule has 1 amide bonds. The van der Waals surface area contributed by atoms with E-state index in [1.54, 1.807) is 57.6 Å². The zero-order valence-electron chi connectivity index (χ0n) is 13.2. The molecule has 4 nitrogen and oxygen atoms in total. The highest BCUT2D eigenvalue weighted by atomic mass is 19.1. The summed E-state index contributed by atoms with van der Waals surface area (Å²) >= 11 is 0. The number of hydrogen-bond acceptors (Lipinski definition) is 3. The van der Waals surface area contributed by atoms with E-state index in [9.17, 15) is 9.18 Å². The van der Waals surface area contributed by atoms with Crippen molar-refractivity contribution in [3.05, 3.63) is 59.4 Å². The number of rotatable bonds is 5. The number of aryl methyl sites for hydroxylation is 1. The summed E-state index contributed by atoms with van der Waals surface area (Å²) in [7, 11) is 3.10. The predicted octanol–water partition coefficient (Wildman–Crippen LogP) is 3.80. The second kappa shape index (κ2) is 7.45. The van der Waals surface area contributed by atoms with Gasteiger partial charge in [0.15, 0.2) is 11.5 Å². The Kier molecular flexibility index (Phi) is 5.36. The van der Waals surface area contributed by atoms with Crippen LogP contribution < -0.4 is 14.8 Å². The molecule has 2 aromatic rings. The van der Waals surface area contributed by atoms with Crippen molar-refractivity contribution in [3.63, 3.8) is 0 Å². The first-order valence-electron chi connectivity index (χ1n) is 7.00. The highest BCUT2D eigenvalue weighted by molar-refractivity contribution is 6.01. The summed E-state index contributed by atoms with van der Waals surface area (Å²) in [4.78, 5) is 11.9. The van der Waals surface area contributed by atoms with Gasteiger partial charge < -0.3 is 14.8 Å². The maximum Gasteiger partial charge on any atom is 0.248 e. The maximum absolute atomic E-state index is 13.4. The van der Waals surface area contributed by atoms with E-state index in [-0.39, 0.29) is 11.7 Å². The van der Waals surface area contributed by atoms with E-state index in [1.807, 2.05) is 0 Å².